The lowest BCUT2D eigenvalue weighted by Crippen LogP contribution is -2.52. The van der Waals surface area contributed by atoms with Gasteiger partial charge in [0, 0.05) is 5.88 Å². The molecule has 110 valence electrons. The number of hydrogen-bond donors (Lipinski definition) is 1. The fourth-order valence-electron chi connectivity index (χ4n) is 3.04. The lowest BCUT2D eigenvalue weighted by Gasteiger charge is -2.39. The predicted molar refractivity (Wildman–Crippen MR) is 79.7 cm³/mol. The molecule has 0 heterocycles. The zero-order chi connectivity index (χ0) is 14.8. The second kappa shape index (κ2) is 6.13. The van der Waals surface area contributed by atoms with Crippen molar-refractivity contribution in [3.05, 3.63) is 35.1 Å². The van der Waals surface area contributed by atoms with Gasteiger partial charge in [0.15, 0.2) is 0 Å². The van der Waals surface area contributed by atoms with Crippen LogP contribution in [0.5, 0.6) is 0 Å². The van der Waals surface area contributed by atoms with Crippen LogP contribution >= 0.6 is 11.6 Å². The molecule has 2 rings (SSSR count). The summed E-state index contributed by atoms with van der Waals surface area (Å²) in [4.78, 5) is 12.3. The minimum Gasteiger partial charge on any atom is -0.345 e. The topological polar surface area (TPSA) is 29.1 Å². The third-order valence-electron chi connectivity index (χ3n) is 4.10. The number of carbonyl (C=O) groups excluding carboxylic acids is 1. The van der Waals surface area contributed by atoms with Crippen molar-refractivity contribution in [2.45, 2.75) is 45.1 Å². The summed E-state index contributed by atoms with van der Waals surface area (Å²) in [7, 11) is 0. The number of rotatable bonds is 3. The Morgan fingerprint density at radius 2 is 2.30 bits per heavy atom. The van der Waals surface area contributed by atoms with E-state index in [1.165, 1.54) is 12.1 Å². The molecule has 1 N–H and O–H groups in total. The standard InChI is InChI=1S/C16H21ClFNO/c1-11-5-6-13(14(18)8-11)15(20)19-16(10-17)7-3-4-12(2)9-16/h5-6,8,12H,3-4,7,9-10H2,1-2H3,(H,19,20). The molecule has 0 bridgehead atoms. The number of amides is 1. The molecule has 4 heteroatoms. The van der Waals surface area contributed by atoms with Gasteiger partial charge in [0.05, 0.1) is 11.1 Å². The van der Waals surface area contributed by atoms with E-state index in [0.717, 1.165) is 31.2 Å². The predicted octanol–water partition coefficient (Wildman–Crippen LogP) is 4.05. The van der Waals surface area contributed by atoms with Crippen LogP contribution in [0.15, 0.2) is 18.2 Å². The first kappa shape index (κ1) is 15.3. The van der Waals surface area contributed by atoms with Crippen LogP contribution in [0, 0.1) is 18.7 Å². The van der Waals surface area contributed by atoms with E-state index in [0.29, 0.717) is 11.8 Å². The summed E-state index contributed by atoms with van der Waals surface area (Å²) < 4.78 is 13.9. The van der Waals surface area contributed by atoms with Gasteiger partial charge in [-0.25, -0.2) is 4.39 Å². The highest BCUT2D eigenvalue weighted by atomic mass is 35.5. The summed E-state index contributed by atoms with van der Waals surface area (Å²) in [5, 5.41) is 2.98. The molecule has 0 saturated heterocycles. The third-order valence-corrected chi connectivity index (χ3v) is 4.61. The van der Waals surface area contributed by atoms with Crippen molar-refractivity contribution in [3.8, 4) is 0 Å². The third kappa shape index (κ3) is 3.32. The molecular formula is C16H21ClFNO. The van der Waals surface area contributed by atoms with Crippen LogP contribution < -0.4 is 5.32 Å². The van der Waals surface area contributed by atoms with Crippen LogP contribution in [0.4, 0.5) is 4.39 Å². The average molecular weight is 298 g/mol. The smallest absolute Gasteiger partial charge is 0.254 e. The van der Waals surface area contributed by atoms with Crippen molar-refractivity contribution in [2.75, 3.05) is 5.88 Å². The highest BCUT2D eigenvalue weighted by Crippen LogP contribution is 2.33. The van der Waals surface area contributed by atoms with Crippen LogP contribution in [-0.2, 0) is 0 Å². The van der Waals surface area contributed by atoms with Crippen LogP contribution in [0.3, 0.4) is 0 Å². The molecule has 2 unspecified atom stereocenters. The first-order valence-corrected chi connectivity index (χ1v) is 7.64. The molecule has 0 spiro atoms. The fraction of sp³-hybridized carbons (Fsp3) is 0.562. The molecule has 1 fully saturated rings. The Morgan fingerprint density at radius 1 is 1.55 bits per heavy atom. The minimum atomic E-state index is -0.476. The number of nitrogens with one attached hydrogen (secondary N) is 1. The molecule has 2 nitrogen and oxygen atoms in total. The van der Waals surface area contributed by atoms with Gasteiger partial charge in [-0.1, -0.05) is 25.8 Å². The van der Waals surface area contributed by atoms with E-state index >= 15 is 0 Å². The van der Waals surface area contributed by atoms with Gasteiger partial charge in [-0.15, -0.1) is 11.6 Å². The summed E-state index contributed by atoms with van der Waals surface area (Å²) in [6.45, 7) is 3.97. The number of carbonyl (C=O) groups is 1. The highest BCUT2D eigenvalue weighted by molar-refractivity contribution is 6.19. The second-order valence-electron chi connectivity index (χ2n) is 6.05. The first-order chi connectivity index (χ1) is 9.46. The molecule has 1 aliphatic carbocycles. The summed E-state index contributed by atoms with van der Waals surface area (Å²) >= 11 is 6.09. The van der Waals surface area contributed by atoms with E-state index in [4.69, 9.17) is 11.6 Å². The van der Waals surface area contributed by atoms with Gasteiger partial charge < -0.3 is 5.32 Å². The van der Waals surface area contributed by atoms with Crippen molar-refractivity contribution in [1.82, 2.24) is 5.32 Å². The summed E-state index contributed by atoms with van der Waals surface area (Å²) in [6.07, 6.45) is 3.92. The molecule has 20 heavy (non-hydrogen) atoms. The molecule has 1 aromatic rings. The molecule has 2 atom stereocenters. The Balaban J connectivity index is 2.16. The van der Waals surface area contributed by atoms with E-state index < -0.39 is 11.4 Å². The molecule has 1 aliphatic rings. The van der Waals surface area contributed by atoms with E-state index in [2.05, 4.69) is 12.2 Å². The summed E-state index contributed by atoms with van der Waals surface area (Å²) in [5.74, 6) is 0.0651. The monoisotopic (exact) mass is 297 g/mol. The molecule has 1 aromatic carbocycles. The quantitative estimate of drug-likeness (QED) is 0.838. The van der Waals surface area contributed by atoms with Crippen LogP contribution in [0.1, 0.15) is 48.5 Å². The van der Waals surface area contributed by atoms with E-state index in [-0.39, 0.29) is 11.5 Å². The second-order valence-corrected chi connectivity index (χ2v) is 6.32. The van der Waals surface area contributed by atoms with Gasteiger partial charge >= 0.3 is 0 Å². The van der Waals surface area contributed by atoms with Crippen LogP contribution in [-0.4, -0.2) is 17.3 Å². The van der Waals surface area contributed by atoms with Gasteiger partial charge in [0.1, 0.15) is 5.82 Å². The molecule has 0 radical (unpaired) electrons. The average Bonchev–Trinajstić information content (AvgIpc) is 2.38. The van der Waals surface area contributed by atoms with Gasteiger partial charge in [-0.3, -0.25) is 4.79 Å². The van der Waals surface area contributed by atoms with Crippen molar-refractivity contribution in [2.24, 2.45) is 5.92 Å². The van der Waals surface area contributed by atoms with E-state index in [9.17, 15) is 9.18 Å². The highest BCUT2D eigenvalue weighted by Gasteiger charge is 2.36. The van der Waals surface area contributed by atoms with E-state index in [1.807, 2.05) is 0 Å². The Labute approximate surface area is 124 Å². The maximum absolute atomic E-state index is 13.9. The Bertz CT molecular complexity index is 505. The lowest BCUT2D eigenvalue weighted by molar-refractivity contribution is 0.0863. The van der Waals surface area contributed by atoms with Gasteiger partial charge in [-0.2, -0.15) is 0 Å². The van der Waals surface area contributed by atoms with E-state index in [1.54, 1.807) is 13.0 Å². The Hall–Kier alpha value is -1.09. The van der Waals surface area contributed by atoms with Crippen molar-refractivity contribution >= 4 is 17.5 Å². The number of aryl methyl sites for hydroxylation is 1. The Morgan fingerprint density at radius 3 is 2.90 bits per heavy atom. The summed E-state index contributed by atoms with van der Waals surface area (Å²) in [5.41, 5.74) is 0.504. The number of hydrogen-bond acceptors (Lipinski definition) is 1. The maximum Gasteiger partial charge on any atom is 0.254 e. The molecule has 0 aromatic heterocycles. The first-order valence-electron chi connectivity index (χ1n) is 7.10. The zero-order valence-electron chi connectivity index (χ0n) is 12.0. The molecular weight excluding hydrogens is 277 g/mol. The molecule has 1 saturated carbocycles. The zero-order valence-corrected chi connectivity index (χ0v) is 12.8. The number of halogens is 2. The minimum absolute atomic E-state index is 0.0957. The van der Waals surface area contributed by atoms with Crippen molar-refractivity contribution < 1.29 is 9.18 Å². The van der Waals surface area contributed by atoms with Crippen LogP contribution in [0.2, 0.25) is 0 Å². The van der Waals surface area contributed by atoms with Gasteiger partial charge in [0.2, 0.25) is 0 Å². The van der Waals surface area contributed by atoms with Gasteiger partial charge in [-0.05, 0) is 43.4 Å². The Kier molecular flexibility index (Phi) is 4.69. The van der Waals surface area contributed by atoms with Gasteiger partial charge in [0.25, 0.3) is 5.91 Å². The SMILES string of the molecule is Cc1ccc(C(=O)NC2(CCl)CCCC(C)C2)c(F)c1. The molecule has 1 amide bonds. The summed E-state index contributed by atoms with van der Waals surface area (Å²) in [6, 6.07) is 4.66. The number of benzene rings is 1. The normalized spacial score (nSPS) is 26.3. The maximum atomic E-state index is 13.9. The largest absolute Gasteiger partial charge is 0.345 e. The lowest BCUT2D eigenvalue weighted by atomic mass is 9.77. The van der Waals surface area contributed by atoms with Crippen LogP contribution in [0.25, 0.3) is 0 Å². The number of alkyl halides is 1. The fourth-order valence-corrected chi connectivity index (χ4v) is 3.35. The van der Waals surface area contributed by atoms with Crippen molar-refractivity contribution in [3.63, 3.8) is 0 Å². The molecule has 0 aliphatic heterocycles. The van der Waals surface area contributed by atoms with Crippen molar-refractivity contribution in [1.29, 1.82) is 0 Å².